The van der Waals surface area contributed by atoms with Crippen LogP contribution in [0, 0.1) is 0 Å². The molecule has 3 aromatic rings. The van der Waals surface area contributed by atoms with Gasteiger partial charge in [-0.3, -0.25) is 0 Å². The first kappa shape index (κ1) is 19.0. The number of sulfonamides is 1. The van der Waals surface area contributed by atoms with Crippen LogP contribution in [-0.4, -0.2) is 25.1 Å². The van der Waals surface area contributed by atoms with Gasteiger partial charge in [0, 0.05) is 16.0 Å². The third-order valence-electron chi connectivity index (χ3n) is 4.62. The number of rotatable bonds is 4. The summed E-state index contributed by atoms with van der Waals surface area (Å²) in [5, 5.41) is 5.60. The van der Waals surface area contributed by atoms with Crippen LogP contribution >= 0.6 is 23.2 Å². The third-order valence-corrected chi connectivity index (χ3v) is 6.78. The molecule has 1 unspecified atom stereocenters. The van der Waals surface area contributed by atoms with E-state index in [1.165, 1.54) is 12.1 Å². The zero-order chi connectivity index (χ0) is 19.7. The lowest BCUT2D eigenvalue weighted by Gasteiger charge is -2.17. The topological polar surface area (TPSA) is 49.7 Å². The fourth-order valence-electron chi connectivity index (χ4n) is 3.18. The molecule has 0 radical (unpaired) electrons. The Kier molecular flexibility index (Phi) is 5.15. The zero-order valence-electron chi connectivity index (χ0n) is 14.7. The summed E-state index contributed by atoms with van der Waals surface area (Å²) in [5.74, 6) is -0.176. The van der Waals surface area contributed by atoms with E-state index >= 15 is 0 Å². The maximum absolute atomic E-state index is 13.1. The highest BCUT2D eigenvalue weighted by Crippen LogP contribution is 2.32. The fourth-order valence-corrected chi connectivity index (χ4v) is 4.70. The minimum Gasteiger partial charge on any atom is -0.200 e. The monoisotopic (exact) mass is 430 g/mol. The van der Waals surface area contributed by atoms with Gasteiger partial charge < -0.3 is 0 Å². The molecule has 0 saturated heterocycles. The zero-order valence-corrected chi connectivity index (χ0v) is 17.0. The highest BCUT2D eigenvalue weighted by Gasteiger charge is 2.35. The van der Waals surface area contributed by atoms with Crippen LogP contribution in [-0.2, 0) is 10.0 Å². The molecule has 0 N–H and O–H groups in total. The summed E-state index contributed by atoms with van der Waals surface area (Å²) in [4.78, 5) is 0.157. The van der Waals surface area contributed by atoms with Crippen LogP contribution in [0.5, 0.6) is 0 Å². The molecule has 4 rings (SSSR count). The van der Waals surface area contributed by atoms with E-state index < -0.39 is 10.0 Å². The maximum atomic E-state index is 13.1. The van der Waals surface area contributed by atoms with Gasteiger partial charge in [0.2, 0.25) is 0 Å². The summed E-state index contributed by atoms with van der Waals surface area (Å²) in [6.45, 7) is 0.229. The molecule has 0 spiro atoms. The quantitative estimate of drug-likeness (QED) is 0.571. The molecule has 3 aromatic carbocycles. The van der Waals surface area contributed by atoms with Crippen LogP contribution in [0.1, 0.15) is 17.0 Å². The van der Waals surface area contributed by atoms with Crippen LogP contribution in [0.3, 0.4) is 0 Å². The van der Waals surface area contributed by atoms with Gasteiger partial charge in [-0.25, -0.2) is 0 Å². The number of halogens is 2. The van der Waals surface area contributed by atoms with Crippen molar-refractivity contribution in [3.8, 4) is 0 Å². The first-order chi connectivity index (χ1) is 13.4. The lowest BCUT2D eigenvalue weighted by atomic mass is 9.91. The molecule has 0 bridgehead atoms. The van der Waals surface area contributed by atoms with Crippen molar-refractivity contribution in [2.45, 2.75) is 10.8 Å². The molecule has 0 aliphatic carbocycles. The van der Waals surface area contributed by atoms with E-state index in [-0.39, 0.29) is 17.4 Å². The van der Waals surface area contributed by atoms with Crippen LogP contribution in [0.4, 0.5) is 0 Å². The Balaban J connectivity index is 1.77. The molecule has 1 atom stereocenters. The minimum absolute atomic E-state index is 0.157. The first-order valence-electron chi connectivity index (χ1n) is 8.63. The van der Waals surface area contributed by atoms with Crippen molar-refractivity contribution in [1.29, 1.82) is 0 Å². The predicted molar refractivity (Wildman–Crippen MR) is 113 cm³/mol. The number of benzene rings is 3. The summed E-state index contributed by atoms with van der Waals surface area (Å²) in [6.07, 6.45) is 0. The van der Waals surface area contributed by atoms with Gasteiger partial charge in [0.15, 0.2) is 0 Å². The van der Waals surface area contributed by atoms with Gasteiger partial charge in [0.1, 0.15) is 0 Å². The van der Waals surface area contributed by atoms with Gasteiger partial charge >= 0.3 is 0 Å². The van der Waals surface area contributed by atoms with Gasteiger partial charge in [-0.2, -0.15) is 17.9 Å². The van der Waals surface area contributed by atoms with E-state index in [0.717, 1.165) is 15.5 Å². The van der Waals surface area contributed by atoms with E-state index in [9.17, 15) is 8.42 Å². The van der Waals surface area contributed by atoms with Crippen molar-refractivity contribution < 1.29 is 8.42 Å². The molecule has 7 heteroatoms. The molecule has 0 amide bonds. The van der Waals surface area contributed by atoms with Crippen molar-refractivity contribution in [2.75, 3.05) is 6.54 Å². The number of hydrogen-bond donors (Lipinski definition) is 0. The van der Waals surface area contributed by atoms with Crippen molar-refractivity contribution in [2.24, 2.45) is 5.10 Å². The average Bonchev–Trinajstić information content (AvgIpc) is 3.16. The summed E-state index contributed by atoms with van der Waals surface area (Å²) >= 11 is 11.9. The maximum Gasteiger partial charge on any atom is 0.279 e. The lowest BCUT2D eigenvalue weighted by Crippen LogP contribution is -2.26. The smallest absolute Gasteiger partial charge is 0.200 e. The van der Waals surface area contributed by atoms with Gasteiger partial charge in [0.05, 0.1) is 17.2 Å². The SMILES string of the molecule is O=S(=O)(c1ccc(Cl)cc1)N1CC(c2ccccc2)C(c2ccc(Cl)cc2)=N1. The first-order valence-corrected chi connectivity index (χ1v) is 10.8. The van der Waals surface area contributed by atoms with Crippen molar-refractivity contribution in [1.82, 2.24) is 4.41 Å². The Hall–Kier alpha value is -2.34. The molecular formula is C21H16Cl2N2O2S. The molecule has 0 aromatic heterocycles. The molecule has 142 valence electrons. The number of hydrogen-bond acceptors (Lipinski definition) is 3. The molecule has 1 aliphatic heterocycles. The summed E-state index contributed by atoms with van der Waals surface area (Å²) in [6, 6.07) is 23.1. The Morgan fingerprint density at radius 1 is 0.821 bits per heavy atom. The Bertz CT molecular complexity index is 1110. The highest BCUT2D eigenvalue weighted by molar-refractivity contribution is 7.89. The second kappa shape index (κ2) is 7.59. The second-order valence-electron chi connectivity index (χ2n) is 6.42. The van der Waals surface area contributed by atoms with E-state index in [0.29, 0.717) is 15.8 Å². The second-order valence-corrected chi connectivity index (χ2v) is 9.14. The van der Waals surface area contributed by atoms with Crippen LogP contribution < -0.4 is 0 Å². The van der Waals surface area contributed by atoms with Crippen molar-refractivity contribution in [3.63, 3.8) is 0 Å². The molecule has 1 aliphatic rings. The molecular weight excluding hydrogens is 415 g/mol. The van der Waals surface area contributed by atoms with E-state index in [1.807, 2.05) is 42.5 Å². The van der Waals surface area contributed by atoms with Gasteiger partial charge in [-0.1, -0.05) is 65.7 Å². The normalized spacial score (nSPS) is 16.9. The third kappa shape index (κ3) is 3.65. The number of hydrazone groups is 1. The average molecular weight is 431 g/mol. The molecule has 1 heterocycles. The van der Waals surface area contributed by atoms with Gasteiger partial charge in [-0.05, 0) is 47.5 Å². The van der Waals surface area contributed by atoms with Crippen LogP contribution in [0.15, 0.2) is 88.9 Å². The largest absolute Gasteiger partial charge is 0.279 e. The Morgan fingerprint density at radius 2 is 1.39 bits per heavy atom. The van der Waals surface area contributed by atoms with E-state index in [2.05, 4.69) is 5.10 Å². The number of nitrogens with zero attached hydrogens (tertiary/aromatic N) is 2. The van der Waals surface area contributed by atoms with Gasteiger partial charge in [-0.15, -0.1) is 0 Å². The highest BCUT2D eigenvalue weighted by atomic mass is 35.5. The molecule has 0 fully saturated rings. The fraction of sp³-hybridized carbons (Fsp3) is 0.0952. The van der Waals surface area contributed by atoms with Crippen molar-refractivity contribution in [3.05, 3.63) is 100 Å². The molecule has 0 saturated carbocycles. The van der Waals surface area contributed by atoms with E-state index in [1.54, 1.807) is 24.3 Å². The standard InChI is InChI=1S/C21H16Cl2N2O2S/c22-17-8-6-16(7-9-17)21-20(15-4-2-1-3-5-15)14-25(24-21)28(26,27)19-12-10-18(23)11-13-19/h1-13,20H,14H2. The summed E-state index contributed by atoms with van der Waals surface area (Å²) < 4.78 is 27.4. The van der Waals surface area contributed by atoms with Crippen LogP contribution in [0.25, 0.3) is 0 Å². The van der Waals surface area contributed by atoms with Gasteiger partial charge in [0.25, 0.3) is 10.0 Å². The van der Waals surface area contributed by atoms with Crippen molar-refractivity contribution >= 4 is 38.9 Å². The summed E-state index contributed by atoms with van der Waals surface area (Å²) in [7, 11) is -3.78. The van der Waals surface area contributed by atoms with E-state index in [4.69, 9.17) is 23.2 Å². The minimum atomic E-state index is -3.78. The summed E-state index contributed by atoms with van der Waals surface area (Å²) in [5.41, 5.74) is 2.54. The molecule has 28 heavy (non-hydrogen) atoms. The predicted octanol–water partition coefficient (Wildman–Crippen LogP) is 5.19. The molecule has 4 nitrogen and oxygen atoms in total. The lowest BCUT2D eigenvalue weighted by molar-refractivity contribution is 0.451. The Labute approximate surface area is 174 Å². The van der Waals surface area contributed by atoms with Crippen LogP contribution in [0.2, 0.25) is 10.0 Å². The Morgan fingerprint density at radius 3 is 2.00 bits per heavy atom.